The summed E-state index contributed by atoms with van der Waals surface area (Å²) in [7, 11) is 0. The predicted molar refractivity (Wildman–Crippen MR) is 86.9 cm³/mol. The fraction of sp³-hybridized carbons (Fsp3) is 0.471. The van der Waals surface area contributed by atoms with Crippen LogP contribution >= 0.6 is 0 Å². The van der Waals surface area contributed by atoms with Crippen molar-refractivity contribution < 1.29 is 9.53 Å². The highest BCUT2D eigenvalue weighted by molar-refractivity contribution is 5.90. The van der Waals surface area contributed by atoms with Crippen molar-refractivity contribution in [3.05, 3.63) is 30.0 Å². The van der Waals surface area contributed by atoms with Crippen LogP contribution in [0, 0.1) is 0 Å². The van der Waals surface area contributed by atoms with Crippen molar-refractivity contribution >= 4 is 22.7 Å². The molecule has 0 aliphatic rings. The van der Waals surface area contributed by atoms with Gasteiger partial charge in [-0.3, -0.25) is 5.32 Å². The van der Waals surface area contributed by atoms with Crippen LogP contribution in [0.15, 0.2) is 24.3 Å². The molecule has 4 heteroatoms. The van der Waals surface area contributed by atoms with Gasteiger partial charge in [0.1, 0.15) is 5.60 Å². The molecule has 0 saturated carbocycles. The molecule has 4 nitrogen and oxygen atoms in total. The Morgan fingerprint density at radius 3 is 2.33 bits per heavy atom. The van der Waals surface area contributed by atoms with E-state index in [2.05, 4.69) is 37.1 Å². The maximum absolute atomic E-state index is 11.8. The number of anilines is 1. The Morgan fingerprint density at radius 2 is 1.76 bits per heavy atom. The van der Waals surface area contributed by atoms with Crippen molar-refractivity contribution in [1.29, 1.82) is 0 Å². The van der Waals surface area contributed by atoms with Gasteiger partial charge in [-0.1, -0.05) is 26.8 Å². The molecule has 2 aromatic rings. The molecule has 2 N–H and O–H groups in total. The zero-order valence-corrected chi connectivity index (χ0v) is 13.6. The van der Waals surface area contributed by atoms with Crippen molar-refractivity contribution in [2.45, 2.75) is 52.6 Å². The zero-order valence-electron chi connectivity index (χ0n) is 13.6. The predicted octanol–water partition coefficient (Wildman–Crippen LogP) is 4.81. The standard InChI is InChI=1S/C17H24N2O2/c1-16(2,3)14-9-11-7-8-12(10-13(11)19-14)18-15(20)21-17(4,5)6/h7-10,19H,1-6H3,(H,18,20). The first kappa shape index (κ1) is 15.4. The minimum absolute atomic E-state index is 0.0672. The quantitative estimate of drug-likeness (QED) is 0.791. The second-order valence-electron chi connectivity index (χ2n) is 7.36. The summed E-state index contributed by atoms with van der Waals surface area (Å²) in [5, 5.41) is 3.89. The van der Waals surface area contributed by atoms with E-state index in [-0.39, 0.29) is 5.41 Å². The van der Waals surface area contributed by atoms with Crippen molar-refractivity contribution in [2.75, 3.05) is 5.32 Å². The van der Waals surface area contributed by atoms with Gasteiger partial charge >= 0.3 is 6.09 Å². The number of rotatable bonds is 1. The lowest BCUT2D eigenvalue weighted by Gasteiger charge is -2.19. The maximum atomic E-state index is 11.8. The SMILES string of the molecule is CC(C)(C)OC(=O)Nc1ccc2cc(C(C)(C)C)[nH]c2c1. The highest BCUT2D eigenvalue weighted by atomic mass is 16.6. The number of amides is 1. The van der Waals surface area contributed by atoms with Crippen LogP contribution in [-0.2, 0) is 10.2 Å². The van der Waals surface area contributed by atoms with Crippen LogP contribution in [0.2, 0.25) is 0 Å². The lowest BCUT2D eigenvalue weighted by Crippen LogP contribution is -2.27. The van der Waals surface area contributed by atoms with Crippen molar-refractivity contribution in [1.82, 2.24) is 4.98 Å². The van der Waals surface area contributed by atoms with E-state index in [1.54, 1.807) is 0 Å². The van der Waals surface area contributed by atoms with E-state index in [0.717, 1.165) is 16.6 Å². The third kappa shape index (κ3) is 4.00. The van der Waals surface area contributed by atoms with Crippen molar-refractivity contribution in [2.24, 2.45) is 0 Å². The Labute approximate surface area is 125 Å². The minimum Gasteiger partial charge on any atom is -0.444 e. The van der Waals surface area contributed by atoms with Crippen LogP contribution < -0.4 is 5.32 Å². The van der Waals surface area contributed by atoms with E-state index >= 15 is 0 Å². The Morgan fingerprint density at radius 1 is 1.10 bits per heavy atom. The molecule has 0 bridgehead atoms. The average molecular weight is 288 g/mol. The summed E-state index contributed by atoms with van der Waals surface area (Å²) in [5.74, 6) is 0. The van der Waals surface area contributed by atoms with Crippen LogP contribution in [0.4, 0.5) is 10.5 Å². The molecule has 21 heavy (non-hydrogen) atoms. The molecule has 0 radical (unpaired) electrons. The number of carbonyl (C=O) groups excluding carboxylic acids is 1. The van der Waals surface area contributed by atoms with Gasteiger partial charge < -0.3 is 9.72 Å². The number of hydrogen-bond acceptors (Lipinski definition) is 2. The van der Waals surface area contributed by atoms with Crippen LogP contribution in [0.5, 0.6) is 0 Å². The first-order valence-corrected chi connectivity index (χ1v) is 7.18. The Balaban J connectivity index is 2.21. The number of benzene rings is 1. The summed E-state index contributed by atoms with van der Waals surface area (Å²) in [6.07, 6.45) is -0.440. The van der Waals surface area contributed by atoms with Gasteiger partial charge in [0, 0.05) is 22.3 Å². The number of aromatic nitrogens is 1. The van der Waals surface area contributed by atoms with Gasteiger partial charge in [-0.2, -0.15) is 0 Å². The van der Waals surface area contributed by atoms with E-state index in [1.165, 1.54) is 5.69 Å². The van der Waals surface area contributed by atoms with E-state index < -0.39 is 11.7 Å². The molecule has 114 valence electrons. The molecule has 0 atom stereocenters. The van der Waals surface area contributed by atoms with Gasteiger partial charge in [0.05, 0.1) is 0 Å². The Kier molecular flexibility index (Phi) is 3.74. The van der Waals surface area contributed by atoms with Gasteiger partial charge in [0.2, 0.25) is 0 Å². The largest absolute Gasteiger partial charge is 0.444 e. The molecule has 0 aliphatic heterocycles. The summed E-state index contributed by atoms with van der Waals surface area (Å²) in [4.78, 5) is 15.2. The summed E-state index contributed by atoms with van der Waals surface area (Å²) in [6, 6.07) is 7.95. The van der Waals surface area contributed by atoms with Crippen LogP contribution in [0.3, 0.4) is 0 Å². The maximum Gasteiger partial charge on any atom is 0.412 e. The third-order valence-corrected chi connectivity index (χ3v) is 3.08. The van der Waals surface area contributed by atoms with E-state index in [4.69, 9.17) is 4.74 Å². The number of carbonyl (C=O) groups is 1. The van der Waals surface area contributed by atoms with Gasteiger partial charge in [-0.05, 0) is 44.4 Å². The van der Waals surface area contributed by atoms with Crippen molar-refractivity contribution in [3.8, 4) is 0 Å². The number of fused-ring (bicyclic) bond motifs is 1. The summed E-state index contributed by atoms with van der Waals surface area (Å²) >= 11 is 0. The second kappa shape index (κ2) is 5.10. The third-order valence-electron chi connectivity index (χ3n) is 3.08. The van der Waals surface area contributed by atoms with Gasteiger partial charge in [0.15, 0.2) is 0 Å². The van der Waals surface area contributed by atoms with Gasteiger partial charge in [-0.25, -0.2) is 4.79 Å². The fourth-order valence-corrected chi connectivity index (χ4v) is 2.03. The number of nitrogens with one attached hydrogen (secondary N) is 2. The van der Waals surface area contributed by atoms with E-state index in [1.807, 2.05) is 39.0 Å². The first-order chi connectivity index (χ1) is 9.54. The summed E-state index contributed by atoms with van der Waals surface area (Å²) < 4.78 is 5.25. The second-order valence-corrected chi connectivity index (χ2v) is 7.36. The molecule has 1 heterocycles. The molecular formula is C17H24N2O2. The molecule has 0 fully saturated rings. The molecule has 0 saturated heterocycles. The highest BCUT2D eigenvalue weighted by Gasteiger charge is 2.18. The molecule has 1 amide bonds. The monoisotopic (exact) mass is 288 g/mol. The Bertz CT molecular complexity index is 657. The van der Waals surface area contributed by atoms with Crippen molar-refractivity contribution in [3.63, 3.8) is 0 Å². The van der Waals surface area contributed by atoms with Gasteiger partial charge in [0.25, 0.3) is 0 Å². The number of H-pyrrole nitrogens is 1. The first-order valence-electron chi connectivity index (χ1n) is 7.18. The normalized spacial score (nSPS) is 12.5. The molecule has 0 spiro atoms. The zero-order chi connectivity index (χ0) is 15.8. The molecular weight excluding hydrogens is 264 g/mol. The molecule has 0 aliphatic carbocycles. The smallest absolute Gasteiger partial charge is 0.412 e. The topological polar surface area (TPSA) is 54.1 Å². The lowest BCUT2D eigenvalue weighted by molar-refractivity contribution is 0.0636. The van der Waals surface area contributed by atoms with Gasteiger partial charge in [-0.15, -0.1) is 0 Å². The Hall–Kier alpha value is -1.97. The highest BCUT2D eigenvalue weighted by Crippen LogP contribution is 2.27. The average Bonchev–Trinajstić information content (AvgIpc) is 2.68. The number of hydrogen-bond donors (Lipinski definition) is 2. The molecule has 1 aromatic carbocycles. The van der Waals surface area contributed by atoms with E-state index in [0.29, 0.717) is 0 Å². The summed E-state index contributed by atoms with van der Waals surface area (Å²) in [6.45, 7) is 12.0. The van der Waals surface area contributed by atoms with E-state index in [9.17, 15) is 4.79 Å². The molecule has 1 aromatic heterocycles. The van der Waals surface area contributed by atoms with Crippen LogP contribution in [-0.4, -0.2) is 16.7 Å². The van der Waals surface area contributed by atoms with Crippen LogP contribution in [0.1, 0.15) is 47.2 Å². The lowest BCUT2D eigenvalue weighted by atomic mass is 9.92. The number of ether oxygens (including phenoxy) is 1. The number of aromatic amines is 1. The summed E-state index contributed by atoms with van der Waals surface area (Å²) in [5.41, 5.74) is 2.47. The molecule has 0 unspecified atom stereocenters. The van der Waals surface area contributed by atoms with Crippen LogP contribution in [0.25, 0.3) is 10.9 Å². The minimum atomic E-state index is -0.500. The fourth-order valence-electron chi connectivity index (χ4n) is 2.03. The molecule has 2 rings (SSSR count).